The van der Waals surface area contributed by atoms with E-state index in [1.165, 1.54) is 32.1 Å². The Morgan fingerprint density at radius 1 is 1.30 bits per heavy atom. The highest BCUT2D eigenvalue weighted by atomic mass is 32.2. The molecule has 1 aliphatic heterocycles. The molecule has 2 aliphatic rings. The lowest BCUT2D eigenvalue weighted by Gasteiger charge is -2.23. The highest BCUT2D eigenvalue weighted by molar-refractivity contribution is 7.99. The number of hydrogen-bond acceptors (Lipinski definition) is 4. The molecule has 0 aromatic carbocycles. The number of ether oxygens (including phenoxy) is 1. The Hall–Kier alpha value is -0.260. The number of hydrogen-bond donors (Lipinski definition) is 2. The van der Waals surface area contributed by atoms with Gasteiger partial charge in [-0.15, -0.1) is 0 Å². The van der Waals surface area contributed by atoms with Gasteiger partial charge in [-0.05, 0) is 19.3 Å². The molecule has 1 unspecified atom stereocenters. The van der Waals surface area contributed by atoms with Crippen molar-refractivity contribution in [3.63, 3.8) is 0 Å². The average Bonchev–Trinajstić information content (AvgIpc) is 2.49. The zero-order chi connectivity index (χ0) is 14.0. The fourth-order valence-electron chi connectivity index (χ4n) is 2.83. The van der Waals surface area contributed by atoms with E-state index in [4.69, 9.17) is 4.74 Å². The zero-order valence-corrected chi connectivity index (χ0v) is 13.2. The van der Waals surface area contributed by atoms with Crippen molar-refractivity contribution in [2.75, 3.05) is 31.2 Å². The van der Waals surface area contributed by atoms with Crippen LogP contribution in [-0.4, -0.2) is 49.3 Å². The highest BCUT2D eigenvalue weighted by Gasteiger charge is 2.16. The number of nitrogens with one attached hydrogen (secondary N) is 2. The minimum atomic E-state index is 0.169. The smallest absolute Gasteiger partial charge is 0.221 e. The molecule has 4 nitrogen and oxygen atoms in total. The summed E-state index contributed by atoms with van der Waals surface area (Å²) in [4.78, 5) is 11.8. The molecule has 2 fully saturated rings. The predicted octanol–water partition coefficient (Wildman–Crippen LogP) is 1.94. The molecule has 0 radical (unpaired) electrons. The molecule has 5 heteroatoms. The van der Waals surface area contributed by atoms with Gasteiger partial charge in [0.1, 0.15) is 0 Å². The number of thioether (sulfide) groups is 1. The molecule has 1 saturated carbocycles. The van der Waals surface area contributed by atoms with Crippen LogP contribution in [0, 0.1) is 0 Å². The molecular weight excluding hydrogens is 272 g/mol. The normalized spacial score (nSPS) is 24.5. The Balaban J connectivity index is 1.44. The number of rotatable bonds is 7. The first-order valence-corrected chi connectivity index (χ1v) is 9.19. The molecule has 1 heterocycles. The Morgan fingerprint density at radius 2 is 2.15 bits per heavy atom. The van der Waals surface area contributed by atoms with E-state index in [0.717, 1.165) is 37.6 Å². The van der Waals surface area contributed by atoms with Crippen LogP contribution in [0.15, 0.2) is 0 Å². The van der Waals surface area contributed by atoms with Crippen molar-refractivity contribution in [3.8, 4) is 0 Å². The van der Waals surface area contributed by atoms with E-state index in [1.807, 2.05) is 11.8 Å². The summed E-state index contributed by atoms with van der Waals surface area (Å²) in [6.07, 6.45) is 8.44. The molecular formula is C15H28N2O2S. The maximum atomic E-state index is 11.8. The van der Waals surface area contributed by atoms with Crippen molar-refractivity contribution in [2.45, 2.75) is 57.1 Å². The molecule has 0 aromatic rings. The van der Waals surface area contributed by atoms with E-state index in [2.05, 4.69) is 10.6 Å². The van der Waals surface area contributed by atoms with E-state index >= 15 is 0 Å². The highest BCUT2D eigenvalue weighted by Crippen LogP contribution is 2.20. The summed E-state index contributed by atoms with van der Waals surface area (Å²) in [6.45, 7) is 2.55. The summed E-state index contributed by atoms with van der Waals surface area (Å²) in [5, 5.41) is 6.39. The van der Waals surface area contributed by atoms with E-state index in [-0.39, 0.29) is 5.91 Å². The van der Waals surface area contributed by atoms with Crippen LogP contribution >= 0.6 is 11.8 Å². The summed E-state index contributed by atoms with van der Waals surface area (Å²) in [6, 6.07) is 0.354. The van der Waals surface area contributed by atoms with E-state index in [1.54, 1.807) is 0 Å². The van der Waals surface area contributed by atoms with E-state index < -0.39 is 0 Å². The summed E-state index contributed by atoms with van der Waals surface area (Å²) >= 11 is 1.93. The molecule has 0 bridgehead atoms. The first-order valence-electron chi connectivity index (χ1n) is 8.04. The predicted molar refractivity (Wildman–Crippen MR) is 84.2 cm³/mol. The molecule has 2 rings (SSSR count). The largest absolute Gasteiger partial charge is 0.378 e. The fraction of sp³-hybridized carbons (Fsp3) is 0.933. The molecule has 1 amide bonds. The average molecular weight is 300 g/mol. The maximum Gasteiger partial charge on any atom is 0.221 e. The Bertz CT molecular complexity index is 277. The van der Waals surface area contributed by atoms with Crippen LogP contribution in [-0.2, 0) is 9.53 Å². The van der Waals surface area contributed by atoms with Crippen LogP contribution in [0.4, 0.5) is 0 Å². The molecule has 0 aromatic heterocycles. The fourth-order valence-corrected chi connectivity index (χ4v) is 3.78. The second kappa shape index (κ2) is 9.64. The third kappa shape index (κ3) is 6.46. The summed E-state index contributed by atoms with van der Waals surface area (Å²) < 4.78 is 5.85. The monoisotopic (exact) mass is 300 g/mol. The first-order chi connectivity index (χ1) is 9.84. The van der Waals surface area contributed by atoms with Crippen molar-refractivity contribution in [1.29, 1.82) is 0 Å². The van der Waals surface area contributed by atoms with Gasteiger partial charge < -0.3 is 15.4 Å². The van der Waals surface area contributed by atoms with Crippen LogP contribution in [0.25, 0.3) is 0 Å². The summed E-state index contributed by atoms with van der Waals surface area (Å²) in [5.41, 5.74) is 0. The van der Waals surface area contributed by atoms with Gasteiger partial charge in [0, 0.05) is 43.7 Å². The van der Waals surface area contributed by atoms with Gasteiger partial charge in [0.05, 0.1) is 6.10 Å². The van der Waals surface area contributed by atoms with Gasteiger partial charge in [-0.3, -0.25) is 4.79 Å². The van der Waals surface area contributed by atoms with Crippen LogP contribution in [0.5, 0.6) is 0 Å². The minimum absolute atomic E-state index is 0.169. The molecule has 1 atom stereocenters. The summed E-state index contributed by atoms with van der Waals surface area (Å²) in [5.74, 6) is 2.39. The van der Waals surface area contributed by atoms with Crippen molar-refractivity contribution < 1.29 is 9.53 Å². The van der Waals surface area contributed by atoms with Gasteiger partial charge in [0.15, 0.2) is 0 Å². The Kier molecular flexibility index (Phi) is 7.76. The third-order valence-electron chi connectivity index (χ3n) is 3.98. The van der Waals surface area contributed by atoms with Crippen molar-refractivity contribution in [2.24, 2.45) is 0 Å². The lowest BCUT2D eigenvalue weighted by atomic mass is 9.98. The lowest BCUT2D eigenvalue weighted by Crippen LogP contribution is -2.41. The SMILES string of the molecule is O=C(CC1CSCCN1)NCCCOC1CCCCC1. The lowest BCUT2D eigenvalue weighted by molar-refractivity contribution is -0.121. The van der Waals surface area contributed by atoms with Gasteiger partial charge in [-0.1, -0.05) is 19.3 Å². The van der Waals surface area contributed by atoms with Gasteiger partial charge >= 0.3 is 0 Å². The van der Waals surface area contributed by atoms with Crippen LogP contribution < -0.4 is 10.6 Å². The topological polar surface area (TPSA) is 50.4 Å². The molecule has 0 spiro atoms. The number of amides is 1. The summed E-state index contributed by atoms with van der Waals surface area (Å²) in [7, 11) is 0. The second-order valence-electron chi connectivity index (χ2n) is 5.76. The van der Waals surface area contributed by atoms with Gasteiger partial charge in [-0.25, -0.2) is 0 Å². The molecule has 1 aliphatic carbocycles. The maximum absolute atomic E-state index is 11.8. The molecule has 1 saturated heterocycles. The standard InChI is InChI=1S/C15H28N2O2S/c18-15(11-13-12-20-10-8-16-13)17-7-4-9-19-14-5-2-1-3-6-14/h13-14,16H,1-12H2,(H,17,18). The minimum Gasteiger partial charge on any atom is -0.378 e. The van der Waals surface area contributed by atoms with Gasteiger partial charge in [0.2, 0.25) is 5.91 Å². The van der Waals surface area contributed by atoms with Gasteiger partial charge in [-0.2, -0.15) is 11.8 Å². The first kappa shape index (κ1) is 16.1. The van der Waals surface area contributed by atoms with Crippen LogP contribution in [0.3, 0.4) is 0 Å². The second-order valence-corrected chi connectivity index (χ2v) is 6.91. The van der Waals surface area contributed by atoms with E-state index in [0.29, 0.717) is 18.6 Å². The van der Waals surface area contributed by atoms with Crippen molar-refractivity contribution in [3.05, 3.63) is 0 Å². The number of carbonyl (C=O) groups excluding carboxylic acids is 1. The van der Waals surface area contributed by atoms with E-state index in [9.17, 15) is 4.79 Å². The number of carbonyl (C=O) groups is 1. The van der Waals surface area contributed by atoms with Crippen LogP contribution in [0.1, 0.15) is 44.9 Å². The Morgan fingerprint density at radius 3 is 2.90 bits per heavy atom. The molecule has 116 valence electrons. The van der Waals surface area contributed by atoms with Crippen LogP contribution in [0.2, 0.25) is 0 Å². The van der Waals surface area contributed by atoms with Crippen molar-refractivity contribution in [1.82, 2.24) is 10.6 Å². The quantitative estimate of drug-likeness (QED) is 0.706. The Labute approximate surface area is 126 Å². The van der Waals surface area contributed by atoms with Crippen molar-refractivity contribution >= 4 is 17.7 Å². The van der Waals surface area contributed by atoms with Gasteiger partial charge in [0.25, 0.3) is 0 Å². The molecule has 2 N–H and O–H groups in total. The zero-order valence-electron chi connectivity index (χ0n) is 12.4. The molecule has 20 heavy (non-hydrogen) atoms. The third-order valence-corrected chi connectivity index (χ3v) is 5.11.